The molecule has 0 rings (SSSR count). The Morgan fingerprint density at radius 3 is 2.00 bits per heavy atom. The van der Waals surface area contributed by atoms with Gasteiger partial charge in [-0.2, -0.15) is 0 Å². The number of aliphatic hydroxyl groups is 1. The van der Waals surface area contributed by atoms with Crippen molar-refractivity contribution >= 4 is 42.0 Å². The average molecular weight is 248 g/mol. The normalized spacial score (nSPS) is 11.8. The van der Waals surface area contributed by atoms with E-state index in [9.17, 15) is 5.11 Å². The van der Waals surface area contributed by atoms with E-state index < -0.39 is 0 Å². The van der Waals surface area contributed by atoms with E-state index in [4.69, 9.17) is 0 Å². The van der Waals surface area contributed by atoms with Crippen molar-refractivity contribution in [2.75, 3.05) is 13.6 Å². The molecule has 2 nitrogen and oxygen atoms in total. The van der Waals surface area contributed by atoms with Crippen LogP contribution in [0.5, 0.6) is 0 Å². The molecule has 90 valence electrons. The molecule has 0 aromatic carbocycles. The minimum absolute atomic E-state index is 0. The standard InChI is InChI=1S/C11H25NO.ClH.Na.H/c1-4-5-6-7-8-9-10-12(3)11(2)13;;;/h11,13H,4-10H2,1-3H3;1H;;. The fourth-order valence-corrected chi connectivity index (χ4v) is 1.33. The van der Waals surface area contributed by atoms with Crippen LogP contribution < -0.4 is 0 Å². The fraction of sp³-hybridized carbons (Fsp3) is 1.00. The summed E-state index contributed by atoms with van der Waals surface area (Å²) in [6.07, 6.45) is 7.62. The second-order valence-electron chi connectivity index (χ2n) is 3.88. The van der Waals surface area contributed by atoms with E-state index in [1.165, 1.54) is 38.5 Å². The van der Waals surface area contributed by atoms with E-state index in [1.54, 1.807) is 0 Å². The molecule has 0 aromatic heterocycles. The topological polar surface area (TPSA) is 23.5 Å². The summed E-state index contributed by atoms with van der Waals surface area (Å²) >= 11 is 0. The van der Waals surface area contributed by atoms with Crippen LogP contribution in [0.25, 0.3) is 0 Å². The summed E-state index contributed by atoms with van der Waals surface area (Å²) in [5.41, 5.74) is 0. The van der Waals surface area contributed by atoms with Crippen LogP contribution in [0.1, 0.15) is 52.4 Å². The molecule has 0 aliphatic heterocycles. The van der Waals surface area contributed by atoms with Gasteiger partial charge in [-0.1, -0.05) is 39.0 Å². The minimum atomic E-state index is -0.296. The molecule has 4 heteroatoms. The van der Waals surface area contributed by atoms with Crippen molar-refractivity contribution in [2.24, 2.45) is 0 Å². The first-order chi connectivity index (χ1) is 6.18. The van der Waals surface area contributed by atoms with Crippen molar-refractivity contribution in [2.45, 2.75) is 58.6 Å². The van der Waals surface area contributed by atoms with E-state index in [0.29, 0.717) is 0 Å². The Hall–Kier alpha value is 1.21. The van der Waals surface area contributed by atoms with Gasteiger partial charge in [-0.25, -0.2) is 0 Å². The third-order valence-corrected chi connectivity index (χ3v) is 2.50. The number of aliphatic hydroxyl groups excluding tert-OH is 1. The molecule has 0 saturated heterocycles. The zero-order valence-corrected chi connectivity index (χ0v) is 10.6. The van der Waals surface area contributed by atoms with Crippen molar-refractivity contribution < 1.29 is 5.11 Å². The summed E-state index contributed by atoms with van der Waals surface area (Å²) in [5, 5.41) is 9.19. The zero-order chi connectivity index (χ0) is 10.1. The van der Waals surface area contributed by atoms with Gasteiger partial charge in [0.1, 0.15) is 6.23 Å². The molecule has 0 aliphatic carbocycles. The van der Waals surface area contributed by atoms with Gasteiger partial charge in [0.15, 0.2) is 0 Å². The van der Waals surface area contributed by atoms with Gasteiger partial charge in [0, 0.05) is 6.54 Å². The summed E-state index contributed by atoms with van der Waals surface area (Å²) < 4.78 is 0. The van der Waals surface area contributed by atoms with E-state index in [2.05, 4.69) is 6.92 Å². The second kappa shape index (κ2) is 15.2. The zero-order valence-electron chi connectivity index (χ0n) is 9.83. The predicted octanol–water partition coefficient (Wildman–Crippen LogP) is 2.39. The summed E-state index contributed by atoms with van der Waals surface area (Å²) in [7, 11) is 1.97. The summed E-state index contributed by atoms with van der Waals surface area (Å²) in [4.78, 5) is 1.99. The molecule has 0 radical (unpaired) electrons. The SMILES string of the molecule is CCCCCCCCN(C)C(C)O.Cl.[NaH]. The van der Waals surface area contributed by atoms with Gasteiger partial charge < -0.3 is 5.11 Å². The number of hydrogen-bond donors (Lipinski definition) is 1. The van der Waals surface area contributed by atoms with Crippen LogP contribution in [-0.2, 0) is 0 Å². The molecular weight excluding hydrogens is 221 g/mol. The van der Waals surface area contributed by atoms with E-state index >= 15 is 0 Å². The molecule has 15 heavy (non-hydrogen) atoms. The van der Waals surface area contributed by atoms with E-state index in [0.717, 1.165) is 6.54 Å². The molecule has 0 aliphatic rings. The van der Waals surface area contributed by atoms with Crippen molar-refractivity contribution in [1.29, 1.82) is 0 Å². The van der Waals surface area contributed by atoms with Crippen molar-refractivity contribution in [3.8, 4) is 0 Å². The number of unbranched alkanes of at least 4 members (excludes halogenated alkanes) is 5. The van der Waals surface area contributed by atoms with Crippen LogP contribution in [0.15, 0.2) is 0 Å². The first-order valence-electron chi connectivity index (χ1n) is 5.56. The Kier molecular flexibility index (Phi) is 21.8. The van der Waals surface area contributed by atoms with Crippen LogP contribution >= 0.6 is 12.4 Å². The molecule has 0 saturated carbocycles. The number of halogens is 1. The molecule has 1 N–H and O–H groups in total. The van der Waals surface area contributed by atoms with E-state index in [1.807, 2.05) is 18.9 Å². The van der Waals surface area contributed by atoms with Gasteiger partial charge in [0.05, 0.1) is 0 Å². The molecule has 0 fully saturated rings. The number of hydrogen-bond acceptors (Lipinski definition) is 2. The molecular formula is C11H27ClNNaO. The van der Waals surface area contributed by atoms with Gasteiger partial charge in [-0.05, 0) is 20.4 Å². The Bertz CT molecular complexity index is 115. The van der Waals surface area contributed by atoms with Gasteiger partial charge in [-0.3, -0.25) is 4.90 Å². The number of nitrogens with zero attached hydrogens (tertiary/aromatic N) is 1. The van der Waals surface area contributed by atoms with Crippen molar-refractivity contribution in [3.63, 3.8) is 0 Å². The predicted molar refractivity (Wildman–Crippen MR) is 72.1 cm³/mol. The van der Waals surface area contributed by atoms with E-state index in [-0.39, 0.29) is 48.2 Å². The van der Waals surface area contributed by atoms with Crippen LogP contribution in [0.4, 0.5) is 0 Å². The van der Waals surface area contributed by atoms with Crippen LogP contribution in [0, 0.1) is 0 Å². The maximum atomic E-state index is 9.19. The van der Waals surface area contributed by atoms with Crippen molar-refractivity contribution in [1.82, 2.24) is 4.90 Å². The maximum absolute atomic E-state index is 9.19. The van der Waals surface area contributed by atoms with Gasteiger partial charge in [-0.15, -0.1) is 12.4 Å². The summed E-state index contributed by atoms with van der Waals surface area (Å²) in [6, 6.07) is 0. The monoisotopic (exact) mass is 247 g/mol. The quantitative estimate of drug-likeness (QED) is 0.405. The van der Waals surface area contributed by atoms with Crippen LogP contribution in [-0.4, -0.2) is 59.4 Å². The Morgan fingerprint density at radius 2 is 1.53 bits per heavy atom. The molecule has 0 aromatic rings. The first kappa shape index (κ1) is 21.5. The third-order valence-electron chi connectivity index (χ3n) is 2.50. The van der Waals surface area contributed by atoms with Gasteiger partial charge in [0.25, 0.3) is 0 Å². The third kappa shape index (κ3) is 15.2. The summed E-state index contributed by atoms with van der Waals surface area (Å²) in [6.45, 7) is 5.07. The van der Waals surface area contributed by atoms with Crippen molar-refractivity contribution in [3.05, 3.63) is 0 Å². The van der Waals surface area contributed by atoms with Gasteiger partial charge >= 0.3 is 29.6 Å². The number of rotatable bonds is 8. The molecule has 0 spiro atoms. The fourth-order valence-electron chi connectivity index (χ4n) is 1.33. The molecule has 0 amide bonds. The molecule has 0 heterocycles. The van der Waals surface area contributed by atoms with Gasteiger partial charge in [0.2, 0.25) is 0 Å². The Morgan fingerprint density at radius 1 is 1.07 bits per heavy atom. The Balaban J connectivity index is -0.000000720. The van der Waals surface area contributed by atoms with Crippen LogP contribution in [0.3, 0.4) is 0 Å². The molecule has 0 bridgehead atoms. The summed E-state index contributed by atoms with van der Waals surface area (Å²) in [5.74, 6) is 0. The van der Waals surface area contributed by atoms with Crippen LogP contribution in [0.2, 0.25) is 0 Å². The average Bonchev–Trinajstić information content (AvgIpc) is 2.10. The second-order valence-corrected chi connectivity index (χ2v) is 3.88. The first-order valence-corrected chi connectivity index (χ1v) is 5.56. The Labute approximate surface area is 124 Å². The molecule has 1 unspecified atom stereocenters. The molecule has 1 atom stereocenters.